The minimum atomic E-state index is -2.53. The quantitative estimate of drug-likeness (QED) is 0.680. The predicted octanol–water partition coefficient (Wildman–Crippen LogP) is 0.773. The summed E-state index contributed by atoms with van der Waals surface area (Å²) in [4.78, 5) is 0. The number of hydrogen-bond donors (Lipinski definition) is 2. The Labute approximate surface area is 72.8 Å². The highest BCUT2D eigenvalue weighted by Gasteiger charge is 1.80. The summed E-state index contributed by atoms with van der Waals surface area (Å²) in [6, 6.07) is 9.44. The first-order chi connectivity index (χ1) is 5.79. The first kappa shape index (κ1) is 8.80. The van der Waals surface area contributed by atoms with E-state index in [0.29, 0.717) is 0 Å². The van der Waals surface area contributed by atoms with Crippen LogP contribution in [0.1, 0.15) is 5.56 Å². The van der Waals surface area contributed by atoms with Gasteiger partial charge in [-0.15, -0.1) is 0 Å². The third-order valence-electron chi connectivity index (χ3n) is 1.26. The Bertz CT molecular complexity index is 322. The molecule has 0 spiro atoms. The van der Waals surface area contributed by atoms with Crippen LogP contribution < -0.4 is 4.72 Å². The maximum absolute atomic E-state index is 10.1. The Balaban J connectivity index is 2.58. The number of nitrogens with one attached hydrogen (secondary N) is 1. The minimum Gasteiger partial charge on any atom is -0.293 e. The predicted molar refractivity (Wildman–Crippen MR) is 48.9 cm³/mol. The lowest BCUT2D eigenvalue weighted by atomic mass is 10.2. The molecule has 0 aliphatic carbocycles. The molecule has 1 aromatic rings. The van der Waals surface area contributed by atoms with Crippen molar-refractivity contribution < 1.29 is 8.42 Å². The van der Waals surface area contributed by atoms with Crippen molar-refractivity contribution in [1.29, 1.82) is 0 Å². The van der Waals surface area contributed by atoms with Gasteiger partial charge in [-0.2, -0.15) is 0 Å². The maximum Gasteiger partial charge on any atom is 0.222 e. The molecule has 4 heteroatoms. The fourth-order valence-electron chi connectivity index (χ4n) is 0.759. The van der Waals surface area contributed by atoms with Crippen LogP contribution in [0.5, 0.6) is 0 Å². The molecule has 12 heavy (non-hydrogen) atoms. The Morgan fingerprint density at radius 1 is 1.17 bits per heavy atom. The van der Waals surface area contributed by atoms with Crippen molar-refractivity contribution in [3.8, 4) is 0 Å². The van der Waals surface area contributed by atoms with Gasteiger partial charge in [0.25, 0.3) is 0 Å². The summed E-state index contributed by atoms with van der Waals surface area (Å²) < 4.78 is 22.3. The van der Waals surface area contributed by atoms with E-state index in [1.165, 1.54) is 6.20 Å². The van der Waals surface area contributed by atoms with Gasteiger partial charge in [-0.3, -0.25) is 4.72 Å². The minimum absolute atomic E-state index is 0.960. The summed E-state index contributed by atoms with van der Waals surface area (Å²) in [5, 5.41) is 0. The summed E-state index contributed by atoms with van der Waals surface area (Å²) in [5.74, 6) is 0. The Hall–Kier alpha value is -1.29. The van der Waals surface area contributed by atoms with Crippen LogP contribution in [0.4, 0.5) is 0 Å². The monoisotopic (exact) mass is 183 g/mol. The van der Waals surface area contributed by atoms with Gasteiger partial charge < -0.3 is 0 Å². The van der Waals surface area contributed by atoms with E-state index in [-0.39, 0.29) is 0 Å². The summed E-state index contributed by atoms with van der Waals surface area (Å²) in [5.41, 5.74) is 0.960. The van der Waals surface area contributed by atoms with Crippen LogP contribution in [0.15, 0.2) is 36.5 Å². The Kier molecular flexibility index (Phi) is 3.35. The zero-order chi connectivity index (χ0) is 8.81. The average molecular weight is 183 g/mol. The molecule has 1 N–H and O–H groups in total. The van der Waals surface area contributed by atoms with E-state index in [1.807, 2.05) is 30.3 Å². The lowest BCUT2D eigenvalue weighted by Crippen LogP contribution is -1.99. The van der Waals surface area contributed by atoms with Crippen LogP contribution in [0.2, 0.25) is 0 Å². The Morgan fingerprint density at radius 2 is 1.83 bits per heavy atom. The SMILES string of the molecule is O=[SH](=O)NC=Cc1ccccc1. The van der Waals surface area contributed by atoms with Crippen LogP contribution in [-0.4, -0.2) is 8.42 Å². The van der Waals surface area contributed by atoms with Crippen LogP contribution >= 0.6 is 0 Å². The number of rotatable bonds is 3. The van der Waals surface area contributed by atoms with E-state index < -0.39 is 10.9 Å². The van der Waals surface area contributed by atoms with Crippen molar-refractivity contribution in [2.75, 3.05) is 0 Å². The van der Waals surface area contributed by atoms with E-state index in [0.717, 1.165) is 5.56 Å². The molecule has 0 aliphatic heterocycles. The van der Waals surface area contributed by atoms with Crippen molar-refractivity contribution in [3.05, 3.63) is 42.1 Å². The van der Waals surface area contributed by atoms with Gasteiger partial charge in [0.1, 0.15) is 0 Å². The zero-order valence-electron chi connectivity index (χ0n) is 6.31. The van der Waals surface area contributed by atoms with Crippen LogP contribution in [-0.2, 0) is 10.9 Å². The molecule has 0 atom stereocenters. The number of hydrogen-bond acceptors (Lipinski definition) is 2. The number of benzene rings is 1. The van der Waals surface area contributed by atoms with E-state index in [2.05, 4.69) is 4.72 Å². The molecule has 0 aromatic heterocycles. The first-order valence-electron chi connectivity index (χ1n) is 3.41. The summed E-state index contributed by atoms with van der Waals surface area (Å²) in [6.45, 7) is 0. The third-order valence-corrected chi connectivity index (χ3v) is 1.62. The average Bonchev–Trinajstić information content (AvgIpc) is 2.05. The highest BCUT2D eigenvalue weighted by atomic mass is 32.2. The first-order valence-corrected chi connectivity index (χ1v) is 4.59. The second kappa shape index (κ2) is 4.56. The van der Waals surface area contributed by atoms with Crippen molar-refractivity contribution >= 4 is 17.0 Å². The van der Waals surface area contributed by atoms with E-state index in [4.69, 9.17) is 0 Å². The molecule has 0 saturated carbocycles. The molecular formula is C8H9NO2S. The summed E-state index contributed by atoms with van der Waals surface area (Å²) in [6.07, 6.45) is 3.08. The van der Waals surface area contributed by atoms with Crippen molar-refractivity contribution in [3.63, 3.8) is 0 Å². The number of thiol groups is 1. The van der Waals surface area contributed by atoms with E-state index in [9.17, 15) is 8.42 Å². The van der Waals surface area contributed by atoms with Gasteiger partial charge in [-0.05, 0) is 11.6 Å². The molecule has 0 amide bonds. The van der Waals surface area contributed by atoms with Crippen molar-refractivity contribution in [2.24, 2.45) is 0 Å². The lowest BCUT2D eigenvalue weighted by molar-refractivity contribution is 0.610. The molecule has 3 nitrogen and oxygen atoms in total. The van der Waals surface area contributed by atoms with Gasteiger partial charge in [0.2, 0.25) is 10.9 Å². The molecule has 1 aromatic carbocycles. The van der Waals surface area contributed by atoms with Crippen LogP contribution in [0.3, 0.4) is 0 Å². The van der Waals surface area contributed by atoms with Crippen LogP contribution in [0, 0.1) is 0 Å². The largest absolute Gasteiger partial charge is 0.293 e. The van der Waals surface area contributed by atoms with Gasteiger partial charge in [-0.25, -0.2) is 8.42 Å². The van der Waals surface area contributed by atoms with Gasteiger partial charge in [-0.1, -0.05) is 30.3 Å². The molecule has 0 bridgehead atoms. The zero-order valence-corrected chi connectivity index (χ0v) is 7.20. The second-order valence-electron chi connectivity index (χ2n) is 2.13. The van der Waals surface area contributed by atoms with Gasteiger partial charge in [0.05, 0.1) is 0 Å². The van der Waals surface area contributed by atoms with E-state index >= 15 is 0 Å². The molecule has 0 fully saturated rings. The van der Waals surface area contributed by atoms with Gasteiger partial charge >= 0.3 is 0 Å². The lowest BCUT2D eigenvalue weighted by Gasteiger charge is -1.89. The molecular weight excluding hydrogens is 174 g/mol. The second-order valence-corrected chi connectivity index (χ2v) is 2.90. The van der Waals surface area contributed by atoms with Gasteiger partial charge in [0.15, 0.2) is 0 Å². The molecule has 64 valence electrons. The smallest absolute Gasteiger partial charge is 0.222 e. The fourth-order valence-corrected chi connectivity index (χ4v) is 0.955. The molecule has 0 unspecified atom stereocenters. The summed E-state index contributed by atoms with van der Waals surface area (Å²) in [7, 11) is -2.53. The molecule has 0 heterocycles. The Morgan fingerprint density at radius 3 is 2.42 bits per heavy atom. The normalized spacial score (nSPS) is 10.8. The van der Waals surface area contributed by atoms with Crippen LogP contribution in [0.25, 0.3) is 6.08 Å². The third kappa shape index (κ3) is 3.21. The standard InChI is InChI=1S/C8H9NO2S/c10-12(11)9-7-6-8-4-2-1-3-5-8/h1-7,12H,(H,9,10,11). The molecule has 0 aliphatic rings. The maximum atomic E-state index is 10.1. The molecule has 0 saturated heterocycles. The van der Waals surface area contributed by atoms with Gasteiger partial charge in [0, 0.05) is 6.20 Å². The van der Waals surface area contributed by atoms with E-state index in [1.54, 1.807) is 6.08 Å². The molecule has 0 radical (unpaired) electrons. The summed E-state index contributed by atoms with van der Waals surface area (Å²) >= 11 is 0. The molecule has 1 rings (SSSR count). The highest BCUT2D eigenvalue weighted by Crippen LogP contribution is 1.99. The van der Waals surface area contributed by atoms with Crippen molar-refractivity contribution in [2.45, 2.75) is 0 Å². The van der Waals surface area contributed by atoms with Crippen molar-refractivity contribution in [1.82, 2.24) is 4.72 Å². The fraction of sp³-hybridized carbons (Fsp3) is 0. The highest BCUT2D eigenvalue weighted by molar-refractivity contribution is 7.70. The topological polar surface area (TPSA) is 46.2 Å².